The minimum atomic E-state index is -6.41. The van der Waals surface area contributed by atoms with Crippen molar-refractivity contribution in [2.24, 2.45) is 5.92 Å². The number of hydrogen-bond donors (Lipinski definition) is 0. The first-order chi connectivity index (χ1) is 19.9. The molecule has 0 spiro atoms. The molecular weight excluding hydrogens is 616 g/mol. The zero-order valence-corrected chi connectivity index (χ0v) is 23.1. The third-order valence-electron chi connectivity index (χ3n) is 8.60. The third kappa shape index (κ3) is 4.54. The number of benzene rings is 2. The third-order valence-corrected chi connectivity index (χ3v) is 11.2. The van der Waals surface area contributed by atoms with Gasteiger partial charge in [0.2, 0.25) is 11.8 Å². The Morgan fingerprint density at radius 3 is 2.19 bits per heavy atom. The molecule has 43 heavy (non-hydrogen) atoms. The molecule has 3 heterocycles. The summed E-state index contributed by atoms with van der Waals surface area (Å²) in [6.45, 7) is -1.04. The molecule has 0 aromatic heterocycles. The molecule has 5 rings (SSSR count). The zero-order chi connectivity index (χ0) is 31.8. The van der Waals surface area contributed by atoms with E-state index in [1.165, 1.54) is 16.8 Å². The maximum absolute atomic E-state index is 14.9. The normalized spacial score (nSPS) is 24.8. The second-order valence-electron chi connectivity index (χ2n) is 10.8. The molecule has 16 heteroatoms. The monoisotopic (exact) mass is 640 g/mol. The molecule has 0 N–H and O–H groups in total. The van der Waals surface area contributed by atoms with Gasteiger partial charge in [-0.1, -0.05) is 12.1 Å². The van der Waals surface area contributed by atoms with E-state index < -0.39 is 74.2 Å². The van der Waals surface area contributed by atoms with Crippen LogP contribution >= 0.6 is 0 Å². The first kappa shape index (κ1) is 31.0. The van der Waals surface area contributed by atoms with Crippen molar-refractivity contribution in [1.29, 1.82) is 0 Å². The lowest BCUT2D eigenvalue weighted by Crippen LogP contribution is -2.60. The van der Waals surface area contributed by atoms with Crippen molar-refractivity contribution < 1.29 is 57.9 Å². The Morgan fingerprint density at radius 1 is 1.00 bits per heavy atom. The number of carbonyl (C=O) groups is 2. The number of piperidine rings is 1. The summed E-state index contributed by atoms with van der Waals surface area (Å²) in [5.41, 5.74) is -7.94. The highest BCUT2D eigenvalue weighted by Crippen LogP contribution is 2.57. The van der Waals surface area contributed by atoms with Crippen LogP contribution in [-0.2, 0) is 29.8 Å². The molecule has 2 saturated heterocycles. The fraction of sp³-hybridized carbons (Fsp3) is 0.481. The van der Waals surface area contributed by atoms with E-state index in [1.54, 1.807) is 0 Å². The summed E-state index contributed by atoms with van der Waals surface area (Å²) >= 11 is 0. The second-order valence-corrected chi connectivity index (χ2v) is 13.0. The van der Waals surface area contributed by atoms with E-state index in [0.717, 1.165) is 24.3 Å². The van der Waals surface area contributed by atoms with Gasteiger partial charge in [-0.05, 0) is 43.2 Å². The number of likely N-dealkylation sites (tertiary alicyclic amines) is 2. The number of nitrogens with zero attached hydrogens (tertiary/aromatic N) is 2. The molecule has 7 nitrogen and oxygen atoms in total. The summed E-state index contributed by atoms with van der Waals surface area (Å²) in [5, 5.41) is 0. The number of carbonyl (C=O) groups excluding carboxylic acids is 2. The molecule has 3 aliphatic rings. The molecule has 0 aliphatic carbocycles. The summed E-state index contributed by atoms with van der Waals surface area (Å²) in [7, 11) is -3.14. The Bertz CT molecular complexity index is 1550. The van der Waals surface area contributed by atoms with Crippen molar-refractivity contribution in [1.82, 2.24) is 9.80 Å². The number of hydrogen-bond acceptors (Lipinski definition) is 5. The zero-order valence-electron chi connectivity index (χ0n) is 22.3. The van der Waals surface area contributed by atoms with Crippen LogP contribution in [0.25, 0.3) is 0 Å². The molecule has 0 saturated carbocycles. The lowest BCUT2D eigenvalue weighted by atomic mass is 9.76. The molecule has 2 aromatic carbocycles. The largest absolute Gasteiger partial charge is 0.493 e. The standard InChI is InChI=1S/C27H24F8N2O5S/c1-36-20(8-9-22(36)38)23(39)37-11-10-24(43(40,41)18-5-3-17(28)4-6-18)16(13-37)14-42-21-12-15(2-7-19(21)24)25(29,26(30,31)32)27(33,34)35/h2-7,12,16,20H,8-11,13-14H2,1H3/t16?,20-,24?/m0/s1. The number of ether oxygens (including phenoxy) is 1. The predicted molar refractivity (Wildman–Crippen MR) is 133 cm³/mol. The molecule has 0 radical (unpaired) electrons. The summed E-state index contributed by atoms with van der Waals surface area (Å²) in [4.78, 5) is 27.5. The van der Waals surface area contributed by atoms with Gasteiger partial charge in [0.1, 0.15) is 22.4 Å². The number of alkyl halides is 7. The van der Waals surface area contributed by atoms with Gasteiger partial charge in [-0.25, -0.2) is 17.2 Å². The number of halogens is 8. The smallest absolute Gasteiger partial charge is 0.435 e. The van der Waals surface area contributed by atoms with Crippen LogP contribution in [0.15, 0.2) is 47.4 Å². The molecule has 3 atom stereocenters. The van der Waals surface area contributed by atoms with E-state index in [-0.39, 0.29) is 60.9 Å². The molecular formula is C27H24F8N2O5S. The van der Waals surface area contributed by atoms with Gasteiger partial charge in [0.05, 0.1) is 11.5 Å². The number of sulfone groups is 1. The van der Waals surface area contributed by atoms with E-state index in [1.807, 2.05) is 0 Å². The van der Waals surface area contributed by atoms with Gasteiger partial charge >= 0.3 is 18.0 Å². The highest BCUT2D eigenvalue weighted by atomic mass is 32.2. The molecule has 234 valence electrons. The molecule has 3 aliphatic heterocycles. The first-order valence-electron chi connectivity index (χ1n) is 13.0. The highest BCUT2D eigenvalue weighted by molar-refractivity contribution is 7.92. The maximum atomic E-state index is 14.9. The van der Waals surface area contributed by atoms with Gasteiger partial charge in [-0.2, -0.15) is 26.3 Å². The van der Waals surface area contributed by atoms with Crippen LogP contribution in [-0.4, -0.2) is 75.2 Å². The molecule has 2 unspecified atom stereocenters. The highest BCUT2D eigenvalue weighted by Gasteiger charge is 2.74. The quantitative estimate of drug-likeness (QED) is 0.359. The van der Waals surface area contributed by atoms with Crippen LogP contribution in [0.2, 0.25) is 0 Å². The lowest BCUT2D eigenvalue weighted by molar-refractivity contribution is -0.348. The molecule has 0 bridgehead atoms. The summed E-state index contributed by atoms with van der Waals surface area (Å²) in [6.07, 6.45) is -12.8. The van der Waals surface area contributed by atoms with Crippen LogP contribution in [0.5, 0.6) is 5.75 Å². The lowest BCUT2D eigenvalue weighted by Gasteiger charge is -2.50. The Hall–Kier alpha value is -3.43. The van der Waals surface area contributed by atoms with Gasteiger partial charge in [0.15, 0.2) is 9.84 Å². The molecule has 2 aromatic rings. The Kier molecular flexibility index (Phi) is 7.25. The van der Waals surface area contributed by atoms with Crippen molar-refractivity contribution in [2.45, 2.75) is 53.0 Å². The number of amides is 2. The summed E-state index contributed by atoms with van der Waals surface area (Å²) < 4.78 is 141. The van der Waals surface area contributed by atoms with Crippen molar-refractivity contribution in [3.63, 3.8) is 0 Å². The van der Waals surface area contributed by atoms with Crippen molar-refractivity contribution in [3.05, 3.63) is 59.4 Å². The number of fused-ring (bicyclic) bond motifs is 3. The molecule has 2 fully saturated rings. The van der Waals surface area contributed by atoms with Crippen molar-refractivity contribution >= 4 is 21.7 Å². The Balaban J connectivity index is 1.63. The molecule has 2 amide bonds. The fourth-order valence-electron chi connectivity index (χ4n) is 6.26. The SMILES string of the molecule is CN1C(=O)CC[C@H]1C(=O)N1CCC2(S(=O)(=O)c3ccc(F)cc3)c3ccc(C(F)(C(F)(F)F)C(F)(F)F)cc3OCC2C1. The van der Waals surface area contributed by atoms with Gasteiger partial charge in [-0.15, -0.1) is 0 Å². The van der Waals surface area contributed by atoms with Crippen LogP contribution in [0.4, 0.5) is 35.1 Å². The van der Waals surface area contributed by atoms with Crippen LogP contribution in [0.3, 0.4) is 0 Å². The average Bonchev–Trinajstić information content (AvgIpc) is 3.27. The minimum Gasteiger partial charge on any atom is -0.493 e. The Labute approximate surface area is 240 Å². The van der Waals surface area contributed by atoms with E-state index in [9.17, 15) is 53.1 Å². The van der Waals surface area contributed by atoms with Crippen LogP contribution in [0, 0.1) is 11.7 Å². The average molecular weight is 641 g/mol. The number of rotatable bonds is 4. The summed E-state index contributed by atoms with van der Waals surface area (Å²) in [5.74, 6) is -3.27. The fourth-order valence-corrected chi connectivity index (χ4v) is 8.58. The van der Waals surface area contributed by atoms with Gasteiger partial charge in [0.25, 0.3) is 0 Å². The predicted octanol–water partition coefficient (Wildman–Crippen LogP) is 4.65. The second kappa shape index (κ2) is 10.1. The van der Waals surface area contributed by atoms with E-state index >= 15 is 0 Å². The minimum absolute atomic E-state index is 0.137. The van der Waals surface area contributed by atoms with E-state index in [2.05, 4.69) is 0 Å². The van der Waals surface area contributed by atoms with E-state index in [0.29, 0.717) is 6.07 Å². The number of likely N-dealkylation sites (N-methyl/N-ethyl adjacent to an activating group) is 1. The van der Waals surface area contributed by atoms with Gasteiger partial charge in [0, 0.05) is 43.6 Å². The summed E-state index contributed by atoms with van der Waals surface area (Å²) in [6, 6.07) is 3.98. The van der Waals surface area contributed by atoms with Gasteiger partial charge in [-0.3, -0.25) is 9.59 Å². The maximum Gasteiger partial charge on any atom is 0.435 e. The van der Waals surface area contributed by atoms with Crippen molar-refractivity contribution in [3.8, 4) is 5.75 Å². The Morgan fingerprint density at radius 2 is 1.63 bits per heavy atom. The first-order valence-corrected chi connectivity index (χ1v) is 14.5. The van der Waals surface area contributed by atoms with Crippen molar-refractivity contribution in [2.75, 3.05) is 26.7 Å². The van der Waals surface area contributed by atoms with Crippen LogP contribution < -0.4 is 4.74 Å². The topological polar surface area (TPSA) is 84.0 Å². The van der Waals surface area contributed by atoms with E-state index in [4.69, 9.17) is 4.74 Å². The van der Waals surface area contributed by atoms with Gasteiger partial charge < -0.3 is 14.5 Å². The van der Waals surface area contributed by atoms with Crippen LogP contribution in [0.1, 0.15) is 30.4 Å².